The van der Waals surface area contributed by atoms with Crippen LogP contribution in [0.1, 0.15) is 18.1 Å². The summed E-state index contributed by atoms with van der Waals surface area (Å²) in [4.78, 5) is 5.23. The van der Waals surface area contributed by atoms with Gasteiger partial charge >= 0.3 is 0 Å². The Morgan fingerprint density at radius 3 is 2.16 bits per heavy atom. The van der Waals surface area contributed by atoms with Crippen LogP contribution < -0.4 is 5.32 Å². The fraction of sp³-hybridized carbons (Fsp3) is 0.625. The Kier molecular flexibility index (Phi) is 4.16. The van der Waals surface area contributed by atoms with E-state index in [1.807, 2.05) is 0 Å². The molecule has 1 aromatic carbocycles. The Bertz CT molecular complexity index is 389. The van der Waals surface area contributed by atoms with E-state index in [9.17, 15) is 0 Å². The van der Waals surface area contributed by atoms with Crippen LogP contribution in [-0.4, -0.2) is 55.1 Å². The first-order valence-corrected chi connectivity index (χ1v) is 7.60. The van der Waals surface area contributed by atoms with Crippen LogP contribution in [0.2, 0.25) is 0 Å². The normalized spacial score (nSPS) is 22.4. The van der Waals surface area contributed by atoms with Crippen molar-refractivity contribution in [1.82, 2.24) is 15.1 Å². The molecule has 2 aliphatic rings. The number of piperazine rings is 1. The monoisotopic (exact) mass is 259 g/mol. The molecule has 1 aromatic rings. The number of rotatable bonds is 4. The second kappa shape index (κ2) is 6.04. The van der Waals surface area contributed by atoms with Gasteiger partial charge in [-0.3, -0.25) is 9.80 Å². The predicted octanol–water partition coefficient (Wildman–Crippen LogP) is 1.34. The van der Waals surface area contributed by atoms with E-state index in [1.54, 1.807) is 0 Å². The molecule has 0 saturated carbocycles. The van der Waals surface area contributed by atoms with E-state index in [-0.39, 0.29) is 0 Å². The molecule has 3 rings (SSSR count). The van der Waals surface area contributed by atoms with E-state index in [1.165, 1.54) is 50.4 Å². The molecule has 2 heterocycles. The highest BCUT2D eigenvalue weighted by molar-refractivity contribution is 5.22. The molecule has 0 unspecified atom stereocenters. The van der Waals surface area contributed by atoms with E-state index in [0.29, 0.717) is 0 Å². The zero-order valence-electron chi connectivity index (χ0n) is 11.9. The van der Waals surface area contributed by atoms with Gasteiger partial charge in [-0.15, -0.1) is 0 Å². The number of aryl methyl sites for hydroxylation is 1. The lowest BCUT2D eigenvalue weighted by atomic mass is 10.1. The van der Waals surface area contributed by atoms with Gasteiger partial charge in [0.15, 0.2) is 0 Å². The second-order valence-electron chi connectivity index (χ2n) is 5.79. The van der Waals surface area contributed by atoms with Crippen LogP contribution >= 0.6 is 0 Å². The van der Waals surface area contributed by atoms with Gasteiger partial charge in [0.25, 0.3) is 0 Å². The van der Waals surface area contributed by atoms with Crippen LogP contribution in [0.15, 0.2) is 24.3 Å². The minimum Gasteiger partial charge on any atom is -0.314 e. The summed E-state index contributed by atoms with van der Waals surface area (Å²) in [6, 6.07) is 9.94. The van der Waals surface area contributed by atoms with Crippen LogP contribution in [0.3, 0.4) is 0 Å². The van der Waals surface area contributed by atoms with Gasteiger partial charge in [-0.25, -0.2) is 0 Å². The summed E-state index contributed by atoms with van der Waals surface area (Å²) < 4.78 is 0. The van der Waals surface area contributed by atoms with Crippen molar-refractivity contribution in [3.8, 4) is 0 Å². The summed E-state index contributed by atoms with van der Waals surface area (Å²) in [5, 5.41) is 3.37. The molecule has 0 bridgehead atoms. The molecule has 19 heavy (non-hydrogen) atoms. The minimum absolute atomic E-state index is 0.811. The number of hydrogen-bond donors (Lipinski definition) is 1. The standard InChI is InChI=1S/C16H25N3/c1-2-14-3-5-15(6-4-14)13-18-7-9-19(10-8-18)16-11-17-12-16/h3-6,16-17H,2,7-13H2,1H3. The average molecular weight is 259 g/mol. The quantitative estimate of drug-likeness (QED) is 0.880. The number of nitrogens with zero attached hydrogens (tertiary/aromatic N) is 2. The molecule has 0 spiro atoms. The smallest absolute Gasteiger partial charge is 0.0346 e. The second-order valence-corrected chi connectivity index (χ2v) is 5.79. The first kappa shape index (κ1) is 13.1. The summed E-state index contributed by atoms with van der Waals surface area (Å²) in [7, 11) is 0. The molecule has 0 radical (unpaired) electrons. The third-order valence-corrected chi connectivity index (χ3v) is 4.52. The molecule has 0 amide bonds. The molecule has 104 valence electrons. The fourth-order valence-electron chi connectivity index (χ4n) is 2.96. The van der Waals surface area contributed by atoms with Gasteiger partial charge in [0, 0.05) is 51.9 Å². The highest BCUT2D eigenvalue weighted by Crippen LogP contribution is 2.13. The van der Waals surface area contributed by atoms with Crippen LogP contribution in [0.5, 0.6) is 0 Å². The minimum atomic E-state index is 0.811. The lowest BCUT2D eigenvalue weighted by molar-refractivity contribution is 0.0695. The zero-order valence-corrected chi connectivity index (χ0v) is 11.9. The van der Waals surface area contributed by atoms with Gasteiger partial charge in [0.1, 0.15) is 0 Å². The van der Waals surface area contributed by atoms with Crippen molar-refractivity contribution in [2.45, 2.75) is 25.9 Å². The highest BCUT2D eigenvalue weighted by atomic mass is 15.3. The first-order chi connectivity index (χ1) is 9.35. The lowest BCUT2D eigenvalue weighted by Crippen LogP contribution is -2.61. The van der Waals surface area contributed by atoms with Crippen LogP contribution in [0.4, 0.5) is 0 Å². The summed E-state index contributed by atoms with van der Waals surface area (Å²) >= 11 is 0. The number of benzene rings is 1. The predicted molar refractivity (Wildman–Crippen MR) is 79.3 cm³/mol. The maximum atomic E-state index is 3.37. The van der Waals surface area contributed by atoms with Gasteiger partial charge < -0.3 is 5.32 Å². The Labute approximate surface area is 116 Å². The van der Waals surface area contributed by atoms with Crippen molar-refractivity contribution in [2.75, 3.05) is 39.3 Å². The summed E-state index contributed by atoms with van der Waals surface area (Å²) in [5.41, 5.74) is 2.89. The SMILES string of the molecule is CCc1ccc(CN2CCN(C3CNC3)CC2)cc1. The van der Waals surface area contributed by atoms with Crippen molar-refractivity contribution >= 4 is 0 Å². The molecule has 2 saturated heterocycles. The van der Waals surface area contributed by atoms with Gasteiger partial charge in [0.2, 0.25) is 0 Å². The molecule has 1 N–H and O–H groups in total. The topological polar surface area (TPSA) is 18.5 Å². The van der Waals surface area contributed by atoms with E-state index >= 15 is 0 Å². The average Bonchev–Trinajstić information content (AvgIpc) is 2.40. The van der Waals surface area contributed by atoms with Crippen molar-refractivity contribution < 1.29 is 0 Å². The van der Waals surface area contributed by atoms with Gasteiger partial charge in [0.05, 0.1) is 0 Å². The third kappa shape index (κ3) is 3.16. The van der Waals surface area contributed by atoms with E-state index in [4.69, 9.17) is 0 Å². The Morgan fingerprint density at radius 2 is 1.63 bits per heavy atom. The Hall–Kier alpha value is -0.900. The van der Waals surface area contributed by atoms with Crippen LogP contribution in [0, 0.1) is 0 Å². The van der Waals surface area contributed by atoms with Gasteiger partial charge in [-0.1, -0.05) is 31.2 Å². The molecule has 0 aromatic heterocycles. The summed E-state index contributed by atoms with van der Waals surface area (Å²) in [6.07, 6.45) is 1.13. The number of hydrogen-bond acceptors (Lipinski definition) is 3. The fourth-order valence-corrected chi connectivity index (χ4v) is 2.96. The van der Waals surface area contributed by atoms with Crippen molar-refractivity contribution in [3.63, 3.8) is 0 Å². The Balaban J connectivity index is 1.48. The van der Waals surface area contributed by atoms with Crippen LogP contribution in [-0.2, 0) is 13.0 Å². The molecule has 3 heteroatoms. The van der Waals surface area contributed by atoms with E-state index in [0.717, 1.165) is 19.0 Å². The first-order valence-electron chi connectivity index (χ1n) is 7.60. The van der Waals surface area contributed by atoms with E-state index < -0.39 is 0 Å². The molecule has 0 atom stereocenters. The summed E-state index contributed by atoms with van der Waals surface area (Å²) in [6.45, 7) is 10.6. The maximum absolute atomic E-state index is 3.37. The van der Waals surface area contributed by atoms with Gasteiger partial charge in [-0.05, 0) is 17.5 Å². The summed E-state index contributed by atoms with van der Waals surface area (Å²) in [5.74, 6) is 0. The third-order valence-electron chi connectivity index (χ3n) is 4.52. The van der Waals surface area contributed by atoms with Crippen molar-refractivity contribution in [2.24, 2.45) is 0 Å². The molecular formula is C16H25N3. The highest BCUT2D eigenvalue weighted by Gasteiger charge is 2.27. The lowest BCUT2D eigenvalue weighted by Gasteiger charge is -2.43. The molecule has 2 aliphatic heterocycles. The van der Waals surface area contributed by atoms with E-state index in [2.05, 4.69) is 46.3 Å². The molecule has 2 fully saturated rings. The zero-order chi connectivity index (χ0) is 13.1. The molecule has 0 aliphatic carbocycles. The maximum Gasteiger partial charge on any atom is 0.0346 e. The van der Waals surface area contributed by atoms with Crippen molar-refractivity contribution in [1.29, 1.82) is 0 Å². The van der Waals surface area contributed by atoms with Crippen molar-refractivity contribution in [3.05, 3.63) is 35.4 Å². The van der Waals surface area contributed by atoms with Gasteiger partial charge in [-0.2, -0.15) is 0 Å². The molecule has 3 nitrogen and oxygen atoms in total. The van der Waals surface area contributed by atoms with Crippen LogP contribution in [0.25, 0.3) is 0 Å². The number of nitrogens with one attached hydrogen (secondary N) is 1. The molecular weight excluding hydrogens is 234 g/mol. The Morgan fingerprint density at radius 1 is 1.00 bits per heavy atom. The largest absolute Gasteiger partial charge is 0.314 e.